The van der Waals surface area contributed by atoms with Gasteiger partial charge in [-0.05, 0) is 35.9 Å². The van der Waals surface area contributed by atoms with Crippen molar-refractivity contribution in [3.05, 3.63) is 53.9 Å². The predicted molar refractivity (Wildman–Crippen MR) is 74.0 cm³/mol. The molecule has 1 amide bonds. The van der Waals surface area contributed by atoms with Crippen molar-refractivity contribution in [3.8, 4) is 11.5 Å². The Labute approximate surface area is 115 Å². The number of phenolic OH excluding ortho intramolecular Hbond substituents is 1. The summed E-state index contributed by atoms with van der Waals surface area (Å²) < 4.78 is 4.93. The third kappa shape index (κ3) is 3.32. The van der Waals surface area contributed by atoms with E-state index in [1.54, 1.807) is 30.3 Å². The van der Waals surface area contributed by atoms with Crippen LogP contribution in [0.15, 0.2) is 47.7 Å². The van der Waals surface area contributed by atoms with Gasteiger partial charge in [-0.15, -0.1) is 0 Å². The van der Waals surface area contributed by atoms with Crippen molar-refractivity contribution in [1.82, 2.24) is 10.4 Å². The van der Waals surface area contributed by atoms with E-state index in [2.05, 4.69) is 15.5 Å². The van der Waals surface area contributed by atoms with E-state index in [4.69, 9.17) is 4.74 Å². The molecule has 0 fully saturated rings. The highest BCUT2D eigenvalue weighted by Crippen LogP contribution is 2.25. The van der Waals surface area contributed by atoms with Gasteiger partial charge >= 0.3 is 0 Å². The maximum Gasteiger partial charge on any atom is 0.289 e. The van der Waals surface area contributed by atoms with Gasteiger partial charge in [0.1, 0.15) is 5.69 Å². The number of ether oxygens (including phenoxy) is 1. The van der Waals surface area contributed by atoms with Crippen molar-refractivity contribution in [2.24, 2.45) is 5.10 Å². The molecule has 0 saturated heterocycles. The second-order valence-corrected chi connectivity index (χ2v) is 3.85. The monoisotopic (exact) mass is 271 g/mol. The van der Waals surface area contributed by atoms with E-state index in [1.165, 1.54) is 25.6 Å². The Kier molecular flexibility index (Phi) is 4.28. The first-order valence-electron chi connectivity index (χ1n) is 5.82. The Morgan fingerprint density at radius 3 is 2.90 bits per heavy atom. The summed E-state index contributed by atoms with van der Waals surface area (Å²) >= 11 is 0. The molecule has 6 heteroatoms. The number of aromatic nitrogens is 1. The maximum absolute atomic E-state index is 11.6. The first kappa shape index (κ1) is 13.5. The molecule has 20 heavy (non-hydrogen) atoms. The van der Waals surface area contributed by atoms with Gasteiger partial charge in [-0.2, -0.15) is 5.10 Å². The van der Waals surface area contributed by atoms with Crippen LogP contribution in [0.25, 0.3) is 0 Å². The predicted octanol–water partition coefficient (Wildman–Crippen LogP) is 1.56. The summed E-state index contributed by atoms with van der Waals surface area (Å²) in [6.07, 6.45) is 2.94. The van der Waals surface area contributed by atoms with Crippen LogP contribution in [0.1, 0.15) is 16.1 Å². The van der Waals surface area contributed by atoms with Gasteiger partial charge in [0, 0.05) is 6.20 Å². The summed E-state index contributed by atoms with van der Waals surface area (Å²) in [6.45, 7) is 0. The first-order valence-corrected chi connectivity index (χ1v) is 5.82. The average Bonchev–Trinajstić information content (AvgIpc) is 2.48. The van der Waals surface area contributed by atoms with Gasteiger partial charge in [0.05, 0.1) is 13.3 Å². The first-order chi connectivity index (χ1) is 9.70. The number of amides is 1. The minimum Gasteiger partial charge on any atom is -0.504 e. The van der Waals surface area contributed by atoms with Crippen molar-refractivity contribution >= 4 is 12.1 Å². The second-order valence-electron chi connectivity index (χ2n) is 3.85. The van der Waals surface area contributed by atoms with Gasteiger partial charge < -0.3 is 9.84 Å². The number of nitrogens with one attached hydrogen (secondary N) is 1. The molecule has 0 aliphatic carbocycles. The number of pyridine rings is 1. The fraction of sp³-hybridized carbons (Fsp3) is 0.0714. The van der Waals surface area contributed by atoms with Crippen LogP contribution in [-0.2, 0) is 0 Å². The Morgan fingerprint density at radius 2 is 2.25 bits per heavy atom. The number of hydrogen-bond acceptors (Lipinski definition) is 5. The molecule has 6 nitrogen and oxygen atoms in total. The normalized spacial score (nSPS) is 10.4. The molecule has 0 aliphatic rings. The molecular formula is C14H13N3O3. The standard InChI is InChI=1S/C14H13N3O3/c1-20-13-6-5-10(8-12(13)18)9-16-17-14(19)11-4-2-3-7-15-11/h2-9,18H,1H3,(H,17,19)/b16-9+. The smallest absolute Gasteiger partial charge is 0.289 e. The molecule has 2 rings (SSSR count). The van der Waals surface area contributed by atoms with Gasteiger partial charge in [-0.1, -0.05) is 6.07 Å². The summed E-state index contributed by atoms with van der Waals surface area (Å²) in [5.74, 6) is -0.0215. The van der Waals surface area contributed by atoms with Crippen LogP contribution in [0.4, 0.5) is 0 Å². The van der Waals surface area contributed by atoms with Gasteiger partial charge in [0.2, 0.25) is 0 Å². The van der Waals surface area contributed by atoms with E-state index in [0.717, 1.165) is 0 Å². The lowest BCUT2D eigenvalue weighted by molar-refractivity contribution is 0.0950. The summed E-state index contributed by atoms with van der Waals surface area (Å²) in [6, 6.07) is 9.82. The van der Waals surface area contributed by atoms with Crippen molar-refractivity contribution in [2.45, 2.75) is 0 Å². The van der Waals surface area contributed by atoms with Crippen LogP contribution in [0.3, 0.4) is 0 Å². The minimum absolute atomic E-state index is 0.00695. The topological polar surface area (TPSA) is 83.8 Å². The van der Waals surface area contributed by atoms with Crippen LogP contribution >= 0.6 is 0 Å². The number of benzene rings is 1. The molecular weight excluding hydrogens is 258 g/mol. The lowest BCUT2D eigenvalue weighted by Gasteiger charge is -2.03. The Morgan fingerprint density at radius 1 is 1.40 bits per heavy atom. The number of phenols is 1. The third-order valence-corrected chi connectivity index (χ3v) is 2.48. The van der Waals surface area contributed by atoms with Crippen molar-refractivity contribution in [2.75, 3.05) is 7.11 Å². The quantitative estimate of drug-likeness (QED) is 0.653. The van der Waals surface area contributed by atoms with Gasteiger partial charge in [0.15, 0.2) is 11.5 Å². The van der Waals surface area contributed by atoms with E-state index < -0.39 is 5.91 Å². The van der Waals surface area contributed by atoms with E-state index in [9.17, 15) is 9.90 Å². The molecule has 2 aromatic rings. The molecule has 2 N–H and O–H groups in total. The average molecular weight is 271 g/mol. The fourth-order valence-electron chi connectivity index (χ4n) is 1.51. The highest BCUT2D eigenvalue weighted by molar-refractivity contribution is 5.93. The molecule has 0 aliphatic heterocycles. The second kappa shape index (κ2) is 6.33. The number of hydrogen-bond donors (Lipinski definition) is 2. The Hall–Kier alpha value is -2.89. The molecule has 102 valence electrons. The van der Waals surface area contributed by atoms with Crippen LogP contribution < -0.4 is 10.2 Å². The minimum atomic E-state index is -0.403. The number of carbonyl (C=O) groups excluding carboxylic acids is 1. The number of carbonyl (C=O) groups is 1. The van der Waals surface area contributed by atoms with Crippen LogP contribution in [0, 0.1) is 0 Å². The van der Waals surface area contributed by atoms with E-state index in [0.29, 0.717) is 11.3 Å². The van der Waals surface area contributed by atoms with Crippen LogP contribution in [0.2, 0.25) is 0 Å². The highest BCUT2D eigenvalue weighted by atomic mass is 16.5. The molecule has 0 radical (unpaired) electrons. The number of aromatic hydroxyl groups is 1. The van der Waals surface area contributed by atoms with Gasteiger partial charge in [-0.25, -0.2) is 5.43 Å². The SMILES string of the molecule is COc1ccc(/C=N/NC(=O)c2ccccn2)cc1O. The van der Waals surface area contributed by atoms with E-state index >= 15 is 0 Å². The lowest BCUT2D eigenvalue weighted by atomic mass is 10.2. The molecule has 1 aromatic heterocycles. The van der Waals surface area contributed by atoms with Crippen molar-refractivity contribution in [3.63, 3.8) is 0 Å². The summed E-state index contributed by atoms with van der Waals surface area (Å²) in [5, 5.41) is 13.4. The summed E-state index contributed by atoms with van der Waals surface area (Å²) in [4.78, 5) is 15.5. The molecule has 1 aromatic carbocycles. The molecule has 0 saturated carbocycles. The molecule has 0 unspecified atom stereocenters. The van der Waals surface area contributed by atoms with Gasteiger partial charge in [0.25, 0.3) is 5.91 Å². The number of nitrogens with zero attached hydrogens (tertiary/aromatic N) is 2. The molecule has 0 spiro atoms. The molecule has 0 bridgehead atoms. The summed E-state index contributed by atoms with van der Waals surface area (Å²) in [7, 11) is 1.47. The number of hydrazone groups is 1. The fourth-order valence-corrected chi connectivity index (χ4v) is 1.51. The molecule has 1 heterocycles. The Bertz CT molecular complexity index is 627. The zero-order valence-corrected chi connectivity index (χ0v) is 10.8. The summed E-state index contributed by atoms with van der Waals surface area (Å²) in [5.41, 5.74) is 3.26. The van der Waals surface area contributed by atoms with E-state index in [-0.39, 0.29) is 11.4 Å². The lowest BCUT2D eigenvalue weighted by Crippen LogP contribution is -2.18. The van der Waals surface area contributed by atoms with Gasteiger partial charge in [-0.3, -0.25) is 9.78 Å². The van der Waals surface area contributed by atoms with Crippen LogP contribution in [0.5, 0.6) is 11.5 Å². The third-order valence-electron chi connectivity index (χ3n) is 2.48. The number of rotatable bonds is 4. The maximum atomic E-state index is 11.6. The Balaban J connectivity index is 2.00. The van der Waals surface area contributed by atoms with Crippen molar-refractivity contribution in [1.29, 1.82) is 0 Å². The highest BCUT2D eigenvalue weighted by Gasteiger charge is 2.04. The molecule has 0 atom stereocenters. The van der Waals surface area contributed by atoms with Crippen molar-refractivity contribution < 1.29 is 14.6 Å². The zero-order chi connectivity index (χ0) is 14.4. The van der Waals surface area contributed by atoms with E-state index in [1.807, 2.05) is 0 Å². The van der Waals surface area contributed by atoms with Crippen LogP contribution in [-0.4, -0.2) is 29.3 Å². The largest absolute Gasteiger partial charge is 0.504 e. The zero-order valence-electron chi connectivity index (χ0n) is 10.8. The number of methoxy groups -OCH3 is 1.